The topological polar surface area (TPSA) is 43.6 Å². The third-order valence-corrected chi connectivity index (χ3v) is 5.17. The lowest BCUT2D eigenvalue weighted by Gasteiger charge is -2.04. The van der Waals surface area contributed by atoms with E-state index in [2.05, 4.69) is 4.99 Å². The van der Waals surface area contributed by atoms with Crippen LogP contribution in [-0.4, -0.2) is 23.7 Å². The van der Waals surface area contributed by atoms with Crippen molar-refractivity contribution in [1.29, 1.82) is 0 Å². The van der Waals surface area contributed by atoms with Gasteiger partial charge in [-0.1, -0.05) is 53.3 Å². The van der Waals surface area contributed by atoms with Crippen molar-refractivity contribution in [2.45, 2.75) is 13.5 Å². The van der Waals surface area contributed by atoms with Crippen LogP contribution in [0.25, 0.3) is 16.3 Å². The zero-order valence-corrected chi connectivity index (χ0v) is 16.0. The molecule has 134 valence electrons. The van der Waals surface area contributed by atoms with Gasteiger partial charge in [-0.2, -0.15) is 4.99 Å². The van der Waals surface area contributed by atoms with Gasteiger partial charge in [0.15, 0.2) is 4.80 Å². The molecule has 0 N–H and O–H groups in total. The summed E-state index contributed by atoms with van der Waals surface area (Å²) in [6, 6.07) is 15.4. The molecule has 1 amide bonds. The monoisotopic (exact) mass is 386 g/mol. The number of thiazole rings is 1. The van der Waals surface area contributed by atoms with Crippen LogP contribution in [0.3, 0.4) is 0 Å². The summed E-state index contributed by atoms with van der Waals surface area (Å²) in [6.07, 6.45) is 3.13. The fraction of sp³-hybridized carbons (Fsp3) is 0.200. The number of fused-ring (bicyclic) bond motifs is 1. The molecule has 3 aromatic rings. The van der Waals surface area contributed by atoms with Crippen molar-refractivity contribution >= 4 is 45.1 Å². The number of benzene rings is 2. The van der Waals surface area contributed by atoms with Crippen molar-refractivity contribution in [3.05, 3.63) is 70.0 Å². The summed E-state index contributed by atoms with van der Waals surface area (Å²) in [5.74, 6) is -0.318. The maximum atomic E-state index is 12.3. The molecular formula is C20H19ClN2O2S. The molecule has 2 aromatic carbocycles. The molecule has 0 aliphatic rings. The summed E-state index contributed by atoms with van der Waals surface area (Å²) in [5, 5.41) is 0.602. The quantitative estimate of drug-likeness (QED) is 0.461. The summed E-state index contributed by atoms with van der Waals surface area (Å²) in [7, 11) is 0. The molecule has 0 fully saturated rings. The molecule has 0 radical (unpaired) electrons. The van der Waals surface area contributed by atoms with Gasteiger partial charge in [-0.25, -0.2) is 0 Å². The highest BCUT2D eigenvalue weighted by Gasteiger charge is 2.06. The minimum Gasteiger partial charge on any atom is -0.380 e. The largest absolute Gasteiger partial charge is 0.380 e. The Balaban J connectivity index is 1.91. The molecule has 0 saturated heterocycles. The van der Waals surface area contributed by atoms with Gasteiger partial charge in [-0.05, 0) is 36.8 Å². The molecule has 0 aliphatic carbocycles. The average molecular weight is 387 g/mol. The smallest absolute Gasteiger partial charge is 0.272 e. The zero-order chi connectivity index (χ0) is 18.4. The summed E-state index contributed by atoms with van der Waals surface area (Å²) in [6.45, 7) is 3.85. The Labute approximate surface area is 161 Å². The van der Waals surface area contributed by atoms with Gasteiger partial charge in [0.1, 0.15) is 0 Å². The number of carbonyl (C=O) groups excluding carboxylic acids is 1. The maximum absolute atomic E-state index is 12.3. The molecule has 0 aliphatic heterocycles. The highest BCUT2D eigenvalue weighted by Crippen LogP contribution is 2.17. The lowest BCUT2D eigenvalue weighted by Crippen LogP contribution is -2.19. The van der Waals surface area contributed by atoms with Crippen LogP contribution in [0.2, 0.25) is 5.02 Å². The third-order valence-electron chi connectivity index (χ3n) is 3.77. The number of rotatable bonds is 6. The number of para-hydroxylation sites is 1. The molecular weight excluding hydrogens is 368 g/mol. The van der Waals surface area contributed by atoms with Crippen molar-refractivity contribution < 1.29 is 9.53 Å². The van der Waals surface area contributed by atoms with Crippen LogP contribution < -0.4 is 4.80 Å². The number of amides is 1. The molecule has 1 aromatic heterocycles. The van der Waals surface area contributed by atoms with E-state index in [1.54, 1.807) is 12.1 Å². The predicted molar refractivity (Wildman–Crippen MR) is 107 cm³/mol. The number of nitrogens with zero attached hydrogens (tertiary/aromatic N) is 2. The van der Waals surface area contributed by atoms with E-state index in [1.807, 2.05) is 54.0 Å². The Morgan fingerprint density at radius 2 is 2.00 bits per heavy atom. The van der Waals surface area contributed by atoms with E-state index in [-0.39, 0.29) is 5.91 Å². The van der Waals surface area contributed by atoms with Crippen LogP contribution in [0.5, 0.6) is 0 Å². The normalized spacial score (nSPS) is 12.3. The van der Waals surface area contributed by atoms with Crippen LogP contribution in [0, 0.1) is 0 Å². The van der Waals surface area contributed by atoms with Gasteiger partial charge in [0.25, 0.3) is 5.91 Å². The molecule has 0 saturated carbocycles. The maximum Gasteiger partial charge on any atom is 0.272 e. The molecule has 0 atom stereocenters. The molecule has 0 spiro atoms. The first-order chi connectivity index (χ1) is 12.7. The van der Waals surface area contributed by atoms with Gasteiger partial charge in [0.2, 0.25) is 0 Å². The Bertz CT molecular complexity index is 1000. The Morgan fingerprint density at radius 1 is 1.23 bits per heavy atom. The van der Waals surface area contributed by atoms with E-state index in [9.17, 15) is 4.79 Å². The Morgan fingerprint density at radius 3 is 2.81 bits per heavy atom. The first-order valence-electron chi connectivity index (χ1n) is 8.36. The van der Waals surface area contributed by atoms with Gasteiger partial charge < -0.3 is 9.30 Å². The molecule has 0 unspecified atom stereocenters. The van der Waals surface area contributed by atoms with Gasteiger partial charge in [-0.3, -0.25) is 4.79 Å². The number of aromatic nitrogens is 1. The first kappa shape index (κ1) is 18.6. The van der Waals surface area contributed by atoms with Crippen LogP contribution >= 0.6 is 22.9 Å². The second kappa shape index (κ2) is 8.94. The van der Waals surface area contributed by atoms with Crippen molar-refractivity contribution in [3.8, 4) is 0 Å². The Kier molecular flexibility index (Phi) is 6.39. The van der Waals surface area contributed by atoms with Gasteiger partial charge in [0.05, 0.1) is 16.8 Å². The summed E-state index contributed by atoms with van der Waals surface area (Å²) >= 11 is 7.60. The van der Waals surface area contributed by atoms with Crippen LogP contribution in [-0.2, 0) is 16.1 Å². The van der Waals surface area contributed by atoms with E-state index in [4.69, 9.17) is 16.3 Å². The average Bonchev–Trinajstić information content (AvgIpc) is 2.98. The summed E-state index contributed by atoms with van der Waals surface area (Å²) < 4.78 is 8.58. The molecule has 26 heavy (non-hydrogen) atoms. The van der Waals surface area contributed by atoms with Gasteiger partial charge in [0, 0.05) is 24.3 Å². The van der Waals surface area contributed by atoms with Crippen molar-refractivity contribution in [2.75, 3.05) is 13.2 Å². The Hall–Kier alpha value is -2.21. The minimum absolute atomic E-state index is 0.318. The minimum atomic E-state index is -0.318. The standard InChI is InChI=1S/C20H19ClN2O2S/c1-2-25-14-13-23-17-9-5-6-10-18(17)26-20(23)22-19(24)12-11-15-7-3-4-8-16(15)21/h3-12H,2,13-14H2,1H3/b12-11+,22-20?. The lowest BCUT2D eigenvalue weighted by atomic mass is 10.2. The summed E-state index contributed by atoms with van der Waals surface area (Å²) in [5.41, 5.74) is 1.84. The van der Waals surface area contributed by atoms with Crippen LogP contribution in [0.15, 0.2) is 59.6 Å². The van der Waals surface area contributed by atoms with Crippen LogP contribution in [0.4, 0.5) is 0 Å². The van der Waals surface area contributed by atoms with Gasteiger partial charge in [-0.15, -0.1) is 0 Å². The molecule has 1 heterocycles. The fourth-order valence-electron chi connectivity index (χ4n) is 2.53. The number of halogens is 1. The first-order valence-corrected chi connectivity index (χ1v) is 9.56. The van der Waals surface area contributed by atoms with Crippen molar-refractivity contribution in [1.82, 2.24) is 4.57 Å². The van der Waals surface area contributed by atoms with Gasteiger partial charge >= 0.3 is 0 Å². The highest BCUT2D eigenvalue weighted by atomic mass is 35.5. The number of hydrogen-bond donors (Lipinski definition) is 0. The van der Waals surface area contributed by atoms with E-state index < -0.39 is 0 Å². The molecule has 4 nitrogen and oxygen atoms in total. The second-order valence-corrected chi connectivity index (χ2v) is 6.92. The number of ether oxygens (including phenoxy) is 1. The number of hydrogen-bond acceptors (Lipinski definition) is 3. The zero-order valence-electron chi connectivity index (χ0n) is 14.4. The summed E-state index contributed by atoms with van der Waals surface area (Å²) in [4.78, 5) is 17.3. The van der Waals surface area contributed by atoms with E-state index in [0.717, 1.165) is 15.8 Å². The third kappa shape index (κ3) is 4.49. The second-order valence-electron chi connectivity index (χ2n) is 5.51. The lowest BCUT2D eigenvalue weighted by molar-refractivity contribution is -0.113. The van der Waals surface area contributed by atoms with Crippen LogP contribution in [0.1, 0.15) is 12.5 Å². The molecule has 6 heteroatoms. The van der Waals surface area contributed by atoms with E-state index >= 15 is 0 Å². The van der Waals surface area contributed by atoms with Crippen molar-refractivity contribution in [3.63, 3.8) is 0 Å². The van der Waals surface area contributed by atoms with E-state index in [1.165, 1.54) is 17.4 Å². The van der Waals surface area contributed by atoms with Crippen molar-refractivity contribution in [2.24, 2.45) is 4.99 Å². The highest BCUT2D eigenvalue weighted by molar-refractivity contribution is 7.16. The molecule has 3 rings (SSSR count). The predicted octanol–water partition coefficient (Wildman–Crippen LogP) is 4.53. The number of carbonyl (C=O) groups is 1. The fourth-order valence-corrected chi connectivity index (χ4v) is 3.79. The van der Waals surface area contributed by atoms with E-state index in [0.29, 0.717) is 29.6 Å². The SMILES string of the molecule is CCOCCn1c(=NC(=O)/C=C/c2ccccc2Cl)sc2ccccc21. The molecule has 0 bridgehead atoms.